The third kappa shape index (κ3) is 1.56. The average molecular weight is 198 g/mol. The summed E-state index contributed by atoms with van der Waals surface area (Å²) in [6.07, 6.45) is 4.36. The molecule has 1 saturated heterocycles. The first-order chi connectivity index (χ1) is 6.24. The zero-order valence-electron chi connectivity index (χ0n) is 7.96. The minimum Gasteiger partial charge on any atom is -0.473 e. The van der Waals surface area contributed by atoms with E-state index in [1.165, 1.54) is 17.7 Å². The number of hydrogen-bond acceptors (Lipinski definition) is 4. The molecular formula is C9H14N2OS. The van der Waals surface area contributed by atoms with Gasteiger partial charge in [0.15, 0.2) is 0 Å². The summed E-state index contributed by atoms with van der Waals surface area (Å²) in [6.45, 7) is 3.34. The van der Waals surface area contributed by atoms with Crippen molar-refractivity contribution in [2.75, 3.05) is 13.7 Å². The van der Waals surface area contributed by atoms with Gasteiger partial charge in [-0.1, -0.05) is 11.3 Å². The molecule has 1 fully saturated rings. The Labute approximate surface area is 82.1 Å². The predicted molar refractivity (Wildman–Crippen MR) is 53.3 cm³/mol. The van der Waals surface area contributed by atoms with E-state index >= 15 is 0 Å². The molecule has 0 aromatic carbocycles. The van der Waals surface area contributed by atoms with E-state index in [0.29, 0.717) is 0 Å². The van der Waals surface area contributed by atoms with Gasteiger partial charge in [0.2, 0.25) is 0 Å². The molecular weight excluding hydrogens is 184 g/mol. The van der Waals surface area contributed by atoms with E-state index in [9.17, 15) is 0 Å². The van der Waals surface area contributed by atoms with Crippen LogP contribution < -0.4 is 10.1 Å². The van der Waals surface area contributed by atoms with Gasteiger partial charge < -0.3 is 10.1 Å². The lowest BCUT2D eigenvalue weighted by molar-refractivity contribution is 0.412. The summed E-state index contributed by atoms with van der Waals surface area (Å²) in [5, 5.41) is 4.26. The van der Waals surface area contributed by atoms with Crippen LogP contribution >= 0.6 is 11.3 Å². The molecule has 0 spiro atoms. The molecule has 72 valence electrons. The SMILES string of the molecule is COc1ncc(C2(C)CCCN2)s1. The van der Waals surface area contributed by atoms with Crippen molar-refractivity contribution < 1.29 is 4.74 Å². The topological polar surface area (TPSA) is 34.1 Å². The molecule has 13 heavy (non-hydrogen) atoms. The largest absolute Gasteiger partial charge is 0.473 e. The second kappa shape index (κ2) is 3.27. The molecule has 0 aliphatic carbocycles. The van der Waals surface area contributed by atoms with Crippen LogP contribution in [0.5, 0.6) is 5.19 Å². The van der Waals surface area contributed by atoms with E-state index < -0.39 is 0 Å². The maximum absolute atomic E-state index is 5.08. The van der Waals surface area contributed by atoms with Gasteiger partial charge in [0, 0.05) is 11.1 Å². The van der Waals surface area contributed by atoms with Crippen molar-refractivity contribution in [1.29, 1.82) is 0 Å². The third-order valence-electron chi connectivity index (χ3n) is 2.57. The maximum atomic E-state index is 5.08. The second-order valence-electron chi connectivity index (χ2n) is 3.56. The summed E-state index contributed by atoms with van der Waals surface area (Å²) >= 11 is 1.63. The molecule has 2 rings (SSSR count). The Kier molecular flexibility index (Phi) is 2.26. The van der Waals surface area contributed by atoms with Crippen molar-refractivity contribution in [2.45, 2.75) is 25.3 Å². The molecule has 4 heteroatoms. The van der Waals surface area contributed by atoms with Crippen LogP contribution in [0.4, 0.5) is 0 Å². The number of nitrogens with zero attached hydrogens (tertiary/aromatic N) is 1. The van der Waals surface area contributed by atoms with Crippen LogP contribution in [-0.4, -0.2) is 18.6 Å². The summed E-state index contributed by atoms with van der Waals surface area (Å²) in [4.78, 5) is 5.46. The maximum Gasteiger partial charge on any atom is 0.273 e. The molecule has 1 aromatic rings. The molecule has 0 radical (unpaired) electrons. The molecule has 1 aromatic heterocycles. The fraction of sp³-hybridized carbons (Fsp3) is 0.667. The van der Waals surface area contributed by atoms with Crippen molar-refractivity contribution in [2.24, 2.45) is 0 Å². The van der Waals surface area contributed by atoms with Gasteiger partial charge in [-0.25, -0.2) is 4.98 Å². The van der Waals surface area contributed by atoms with E-state index in [1.54, 1.807) is 18.4 Å². The predicted octanol–water partition coefficient (Wildman–Crippen LogP) is 1.75. The zero-order valence-corrected chi connectivity index (χ0v) is 8.78. The number of methoxy groups -OCH3 is 1. The van der Waals surface area contributed by atoms with E-state index in [0.717, 1.165) is 11.7 Å². The summed E-state index contributed by atoms with van der Waals surface area (Å²) in [6, 6.07) is 0. The van der Waals surface area contributed by atoms with Gasteiger partial charge in [0.05, 0.1) is 12.6 Å². The van der Waals surface area contributed by atoms with Crippen LogP contribution in [-0.2, 0) is 5.54 Å². The van der Waals surface area contributed by atoms with Gasteiger partial charge >= 0.3 is 0 Å². The van der Waals surface area contributed by atoms with E-state index in [2.05, 4.69) is 17.2 Å². The zero-order chi connectivity index (χ0) is 9.31. The van der Waals surface area contributed by atoms with E-state index in [4.69, 9.17) is 4.74 Å². The van der Waals surface area contributed by atoms with Crippen LogP contribution in [0.2, 0.25) is 0 Å². The number of aromatic nitrogens is 1. The van der Waals surface area contributed by atoms with Gasteiger partial charge in [-0.3, -0.25) is 0 Å². The fourth-order valence-electron chi connectivity index (χ4n) is 1.71. The molecule has 1 unspecified atom stereocenters. The number of hydrogen-bond donors (Lipinski definition) is 1. The van der Waals surface area contributed by atoms with Gasteiger partial charge in [-0.05, 0) is 26.3 Å². The lowest BCUT2D eigenvalue weighted by atomic mass is 9.99. The van der Waals surface area contributed by atoms with Crippen molar-refractivity contribution in [3.63, 3.8) is 0 Å². The molecule has 1 N–H and O–H groups in total. The monoisotopic (exact) mass is 198 g/mol. The summed E-state index contributed by atoms with van der Waals surface area (Å²) < 4.78 is 5.08. The smallest absolute Gasteiger partial charge is 0.273 e. The van der Waals surface area contributed by atoms with Crippen LogP contribution in [0.1, 0.15) is 24.6 Å². The van der Waals surface area contributed by atoms with Crippen LogP contribution in [0.3, 0.4) is 0 Å². The number of ether oxygens (including phenoxy) is 1. The average Bonchev–Trinajstić information content (AvgIpc) is 2.72. The molecule has 1 aliphatic rings. The Bertz CT molecular complexity index is 292. The highest BCUT2D eigenvalue weighted by Crippen LogP contribution is 2.35. The third-order valence-corrected chi connectivity index (χ3v) is 3.79. The van der Waals surface area contributed by atoms with Crippen LogP contribution in [0, 0.1) is 0 Å². The fourth-order valence-corrected chi connectivity index (χ4v) is 2.59. The normalized spacial score (nSPS) is 27.8. The highest BCUT2D eigenvalue weighted by atomic mass is 32.1. The summed E-state index contributed by atoms with van der Waals surface area (Å²) in [5.41, 5.74) is 0.133. The first kappa shape index (κ1) is 8.97. The van der Waals surface area contributed by atoms with Gasteiger partial charge in [0.25, 0.3) is 5.19 Å². The van der Waals surface area contributed by atoms with E-state index in [-0.39, 0.29) is 5.54 Å². The number of thiazole rings is 1. The van der Waals surface area contributed by atoms with Crippen molar-refractivity contribution in [3.8, 4) is 5.19 Å². The Morgan fingerprint density at radius 1 is 1.69 bits per heavy atom. The van der Waals surface area contributed by atoms with Crippen molar-refractivity contribution in [3.05, 3.63) is 11.1 Å². The molecule has 1 aliphatic heterocycles. The van der Waals surface area contributed by atoms with E-state index in [1.807, 2.05) is 6.20 Å². The second-order valence-corrected chi connectivity index (χ2v) is 4.55. The van der Waals surface area contributed by atoms with Crippen LogP contribution in [0.25, 0.3) is 0 Å². The Morgan fingerprint density at radius 3 is 3.08 bits per heavy atom. The standard InChI is InChI=1S/C9H14N2OS/c1-9(4-3-5-11-9)7-6-10-8(12-2)13-7/h6,11H,3-5H2,1-2H3. The highest BCUT2D eigenvalue weighted by Gasteiger charge is 2.31. The van der Waals surface area contributed by atoms with Crippen molar-refractivity contribution >= 4 is 11.3 Å². The molecule has 0 saturated carbocycles. The summed E-state index contributed by atoms with van der Waals surface area (Å²) in [7, 11) is 1.66. The molecule has 1 atom stereocenters. The van der Waals surface area contributed by atoms with Crippen molar-refractivity contribution in [1.82, 2.24) is 10.3 Å². The lowest BCUT2D eigenvalue weighted by Gasteiger charge is -2.21. The quantitative estimate of drug-likeness (QED) is 0.786. The Balaban J connectivity index is 2.23. The number of rotatable bonds is 2. The molecule has 2 heterocycles. The highest BCUT2D eigenvalue weighted by molar-refractivity contribution is 7.13. The lowest BCUT2D eigenvalue weighted by Crippen LogP contribution is -2.32. The first-order valence-corrected chi connectivity index (χ1v) is 5.31. The van der Waals surface area contributed by atoms with Crippen LogP contribution in [0.15, 0.2) is 6.20 Å². The minimum absolute atomic E-state index is 0.133. The van der Waals surface area contributed by atoms with Gasteiger partial charge in [-0.2, -0.15) is 0 Å². The molecule has 0 amide bonds. The first-order valence-electron chi connectivity index (χ1n) is 4.50. The van der Waals surface area contributed by atoms with Gasteiger partial charge in [0.1, 0.15) is 0 Å². The Morgan fingerprint density at radius 2 is 2.54 bits per heavy atom. The Hall–Kier alpha value is -0.610. The molecule has 3 nitrogen and oxygen atoms in total. The van der Waals surface area contributed by atoms with Gasteiger partial charge in [-0.15, -0.1) is 0 Å². The summed E-state index contributed by atoms with van der Waals surface area (Å²) in [5.74, 6) is 0. The molecule has 0 bridgehead atoms. The minimum atomic E-state index is 0.133. The number of nitrogens with one attached hydrogen (secondary N) is 1.